The van der Waals surface area contributed by atoms with Crippen molar-refractivity contribution in [3.05, 3.63) is 77.9 Å². The number of carbonyl (C=O) groups is 3. The first-order valence-electron chi connectivity index (χ1n) is 13.2. The van der Waals surface area contributed by atoms with Crippen molar-refractivity contribution in [1.29, 1.82) is 0 Å². The molecule has 8 nitrogen and oxygen atoms in total. The van der Waals surface area contributed by atoms with Gasteiger partial charge in [-0.2, -0.15) is 0 Å². The smallest absolute Gasteiger partial charge is 0.411 e. The molecule has 0 bridgehead atoms. The van der Waals surface area contributed by atoms with Crippen LogP contribution in [0.15, 0.2) is 66.7 Å². The number of hydrogen-bond acceptors (Lipinski definition) is 5. The summed E-state index contributed by atoms with van der Waals surface area (Å²) < 4.78 is 12.0. The van der Waals surface area contributed by atoms with E-state index >= 15 is 0 Å². The predicted molar refractivity (Wildman–Crippen MR) is 152 cm³/mol. The molecule has 1 heterocycles. The zero-order valence-corrected chi connectivity index (χ0v) is 25.3. The van der Waals surface area contributed by atoms with Gasteiger partial charge in [0.25, 0.3) is 0 Å². The van der Waals surface area contributed by atoms with E-state index in [1.807, 2.05) is 48.5 Å². The van der Waals surface area contributed by atoms with Gasteiger partial charge in [-0.3, -0.25) is 14.9 Å². The van der Waals surface area contributed by atoms with Crippen LogP contribution in [0.1, 0.15) is 35.2 Å². The Hall–Kier alpha value is -3.44. The van der Waals surface area contributed by atoms with E-state index in [-0.39, 0.29) is 42.4 Å². The third-order valence-electron chi connectivity index (χ3n) is 7.07. The highest BCUT2D eigenvalue weighted by atomic mass is 127. The highest BCUT2D eigenvalue weighted by Gasteiger charge is 2.28. The number of carbonyl (C=O) groups excluding carboxylic acids is 3. The lowest BCUT2D eigenvalue weighted by molar-refractivity contribution is -0.896. The van der Waals surface area contributed by atoms with Crippen molar-refractivity contribution in [2.75, 3.05) is 44.9 Å². The molecule has 0 aliphatic carbocycles. The summed E-state index contributed by atoms with van der Waals surface area (Å²) in [6.07, 6.45) is 2.48. The van der Waals surface area contributed by atoms with Gasteiger partial charge in [0, 0.05) is 30.4 Å². The lowest BCUT2D eigenvalue weighted by Crippen LogP contribution is -3.00. The maximum Gasteiger partial charge on any atom is 0.411 e. The molecule has 40 heavy (non-hydrogen) atoms. The Morgan fingerprint density at radius 1 is 0.950 bits per heavy atom. The highest BCUT2D eigenvalue weighted by molar-refractivity contribution is 5.94. The van der Waals surface area contributed by atoms with E-state index in [4.69, 9.17) is 9.47 Å². The zero-order chi connectivity index (χ0) is 27.8. The molecule has 2 N–H and O–H groups in total. The SMILES string of the molecule is COc1ccc(C=O)cc1NC(=O)CCc1ccc(-c2ccccc2)c(NC(=O)OC2CC[N+](C)(C)CC2)c1.[I-]. The van der Waals surface area contributed by atoms with Crippen LogP contribution < -0.4 is 39.3 Å². The van der Waals surface area contributed by atoms with Crippen molar-refractivity contribution in [3.8, 4) is 16.9 Å². The van der Waals surface area contributed by atoms with Crippen LogP contribution in [0, 0.1) is 0 Å². The summed E-state index contributed by atoms with van der Waals surface area (Å²) in [5, 5.41) is 5.78. The van der Waals surface area contributed by atoms with Gasteiger partial charge in [0.05, 0.1) is 45.7 Å². The summed E-state index contributed by atoms with van der Waals surface area (Å²) >= 11 is 0. The molecule has 1 aliphatic rings. The van der Waals surface area contributed by atoms with Gasteiger partial charge in [0.15, 0.2) is 0 Å². The molecule has 3 aromatic rings. The minimum atomic E-state index is -0.471. The first-order chi connectivity index (χ1) is 18.8. The molecule has 4 rings (SSSR count). The Kier molecular flexibility index (Phi) is 11.1. The number of benzene rings is 3. The van der Waals surface area contributed by atoms with E-state index in [9.17, 15) is 14.4 Å². The van der Waals surface area contributed by atoms with E-state index in [1.165, 1.54) is 7.11 Å². The van der Waals surface area contributed by atoms with Crippen LogP contribution in [0.2, 0.25) is 0 Å². The monoisotopic (exact) mass is 657 g/mol. The van der Waals surface area contributed by atoms with E-state index in [2.05, 4.69) is 24.7 Å². The number of nitrogens with zero attached hydrogens (tertiary/aromatic N) is 1. The number of aldehydes is 1. The van der Waals surface area contributed by atoms with Gasteiger partial charge in [-0.05, 0) is 41.8 Å². The number of rotatable bonds is 9. The first-order valence-corrected chi connectivity index (χ1v) is 13.2. The number of piperidine rings is 1. The summed E-state index contributed by atoms with van der Waals surface area (Å²) in [5.41, 5.74) is 4.26. The minimum Gasteiger partial charge on any atom is -1.00 e. The van der Waals surface area contributed by atoms with Crippen LogP contribution in [0.5, 0.6) is 5.75 Å². The average Bonchev–Trinajstić information content (AvgIpc) is 2.93. The molecule has 3 aromatic carbocycles. The molecule has 0 radical (unpaired) electrons. The molecule has 0 aromatic heterocycles. The fraction of sp³-hybridized carbons (Fsp3) is 0.323. The summed E-state index contributed by atoms with van der Waals surface area (Å²) in [6.45, 7) is 1.94. The average molecular weight is 658 g/mol. The van der Waals surface area contributed by atoms with Crippen molar-refractivity contribution >= 4 is 29.7 Å². The number of ether oxygens (including phenoxy) is 2. The first kappa shape index (κ1) is 31.1. The molecule has 1 fully saturated rings. The van der Waals surface area contributed by atoms with Gasteiger partial charge in [-0.1, -0.05) is 42.5 Å². The van der Waals surface area contributed by atoms with Gasteiger partial charge in [-0.25, -0.2) is 4.79 Å². The largest absolute Gasteiger partial charge is 1.00 e. The second-order valence-electron chi connectivity index (χ2n) is 10.5. The predicted octanol–water partition coefficient (Wildman–Crippen LogP) is 2.54. The Balaban J connectivity index is 0.00000441. The zero-order valence-electron chi connectivity index (χ0n) is 23.1. The van der Waals surface area contributed by atoms with Crippen molar-refractivity contribution < 1.29 is 52.3 Å². The van der Waals surface area contributed by atoms with Gasteiger partial charge < -0.3 is 43.3 Å². The van der Waals surface area contributed by atoms with Crippen LogP contribution in [-0.4, -0.2) is 63.2 Å². The van der Waals surface area contributed by atoms with E-state index < -0.39 is 6.09 Å². The Morgan fingerprint density at radius 3 is 2.35 bits per heavy atom. The number of aryl methyl sites for hydroxylation is 1. The van der Waals surface area contributed by atoms with Gasteiger partial charge in [-0.15, -0.1) is 0 Å². The van der Waals surface area contributed by atoms with Gasteiger partial charge in [0.2, 0.25) is 5.91 Å². The highest BCUT2D eigenvalue weighted by Crippen LogP contribution is 2.30. The number of halogens is 1. The standard InChI is InChI=1S/C31H35N3O5.HI/c1-34(2)17-15-25(16-18-34)39-31(37)33-27-19-22(9-12-26(27)24-7-5-4-6-8-24)11-14-30(36)32-28-20-23(21-35)10-13-29(28)38-3;/h4-10,12-13,19-21,25H,11,14-18H2,1-3H3,(H-,32,33,36,37);1H. The number of methoxy groups -OCH3 is 1. The molecule has 9 heteroatoms. The quantitative estimate of drug-likeness (QED) is 0.210. The number of likely N-dealkylation sites (tertiary alicyclic amines) is 1. The Morgan fingerprint density at radius 2 is 1.68 bits per heavy atom. The molecule has 212 valence electrons. The number of amides is 2. The third-order valence-corrected chi connectivity index (χ3v) is 7.07. The van der Waals surface area contributed by atoms with Crippen LogP contribution in [0.3, 0.4) is 0 Å². The molecular formula is C31H36IN3O5. The summed E-state index contributed by atoms with van der Waals surface area (Å²) in [6, 6.07) is 20.5. The summed E-state index contributed by atoms with van der Waals surface area (Å²) in [4.78, 5) is 36.7. The normalized spacial score (nSPS) is 14.4. The van der Waals surface area contributed by atoms with E-state index in [0.29, 0.717) is 29.1 Å². The van der Waals surface area contributed by atoms with Crippen LogP contribution in [-0.2, 0) is 16.0 Å². The Labute approximate surface area is 252 Å². The summed E-state index contributed by atoms with van der Waals surface area (Å²) in [5.74, 6) is 0.266. The van der Waals surface area contributed by atoms with Gasteiger partial charge in [0.1, 0.15) is 18.1 Å². The molecule has 0 unspecified atom stereocenters. The van der Waals surface area contributed by atoms with E-state index in [0.717, 1.165) is 53.4 Å². The summed E-state index contributed by atoms with van der Waals surface area (Å²) in [7, 11) is 5.88. The van der Waals surface area contributed by atoms with Crippen molar-refractivity contribution in [1.82, 2.24) is 0 Å². The van der Waals surface area contributed by atoms with E-state index in [1.54, 1.807) is 18.2 Å². The molecular weight excluding hydrogens is 621 g/mol. The van der Waals surface area contributed by atoms with Gasteiger partial charge >= 0.3 is 6.09 Å². The number of quaternary nitrogens is 1. The van der Waals surface area contributed by atoms with Crippen LogP contribution in [0.25, 0.3) is 11.1 Å². The van der Waals surface area contributed by atoms with Crippen molar-refractivity contribution in [2.45, 2.75) is 31.8 Å². The number of hydrogen-bond donors (Lipinski definition) is 2. The fourth-order valence-corrected chi connectivity index (χ4v) is 4.74. The molecule has 2 amide bonds. The molecule has 0 saturated carbocycles. The van der Waals surface area contributed by atoms with Crippen LogP contribution >= 0.6 is 0 Å². The third kappa shape index (κ3) is 8.53. The topological polar surface area (TPSA) is 93.7 Å². The molecule has 0 spiro atoms. The Bertz CT molecular complexity index is 1320. The number of nitrogens with one attached hydrogen (secondary N) is 2. The van der Waals surface area contributed by atoms with Crippen molar-refractivity contribution in [3.63, 3.8) is 0 Å². The maximum absolute atomic E-state index is 12.9. The van der Waals surface area contributed by atoms with Crippen LogP contribution in [0.4, 0.5) is 16.2 Å². The lowest BCUT2D eigenvalue weighted by atomic mass is 9.99. The fourth-order valence-electron chi connectivity index (χ4n) is 4.74. The molecule has 1 saturated heterocycles. The molecule has 1 aliphatic heterocycles. The second-order valence-corrected chi connectivity index (χ2v) is 10.5. The second kappa shape index (κ2) is 14.3. The van der Waals surface area contributed by atoms with Crippen molar-refractivity contribution in [2.24, 2.45) is 0 Å². The maximum atomic E-state index is 12.9. The minimum absolute atomic E-state index is 0. The molecule has 0 atom stereocenters. The lowest BCUT2D eigenvalue weighted by Gasteiger charge is -2.36. The number of anilines is 2.